The molecule has 0 fully saturated rings. The maximum atomic E-state index is 13.6. The Morgan fingerprint density at radius 1 is 1.19 bits per heavy atom. The molecule has 16 heavy (non-hydrogen) atoms. The van der Waals surface area contributed by atoms with Crippen LogP contribution >= 0.6 is 0 Å². The molecule has 0 bridgehead atoms. The van der Waals surface area contributed by atoms with E-state index in [-0.39, 0.29) is 11.5 Å². The number of hydrogen-bond donors (Lipinski definition) is 1. The van der Waals surface area contributed by atoms with Gasteiger partial charge in [-0.1, -0.05) is 12.1 Å². The molecule has 0 unspecified atom stereocenters. The van der Waals surface area contributed by atoms with Gasteiger partial charge >= 0.3 is 0 Å². The Morgan fingerprint density at radius 3 is 2.50 bits per heavy atom. The molecule has 1 rings (SSSR count). The van der Waals surface area contributed by atoms with E-state index >= 15 is 0 Å². The molecule has 0 saturated carbocycles. The van der Waals surface area contributed by atoms with Gasteiger partial charge in [-0.25, -0.2) is 4.39 Å². The van der Waals surface area contributed by atoms with E-state index in [0.29, 0.717) is 12.1 Å². The Labute approximate surface area is 96.6 Å². The van der Waals surface area contributed by atoms with Crippen molar-refractivity contribution in [1.82, 2.24) is 9.80 Å². The van der Waals surface area contributed by atoms with Gasteiger partial charge in [-0.2, -0.15) is 0 Å². The summed E-state index contributed by atoms with van der Waals surface area (Å²) >= 11 is 0. The molecule has 0 spiro atoms. The summed E-state index contributed by atoms with van der Waals surface area (Å²) in [6.07, 6.45) is 0. The zero-order chi connectivity index (χ0) is 12.1. The minimum atomic E-state index is -0.292. The molecule has 0 atom stereocenters. The molecule has 2 N–H and O–H groups in total. The molecule has 0 amide bonds. The maximum Gasteiger partial charge on any atom is 0.150 e. The molecule has 0 aliphatic heterocycles. The summed E-state index contributed by atoms with van der Waals surface area (Å²) in [7, 11) is 6.02. The van der Waals surface area contributed by atoms with Crippen LogP contribution in [0.25, 0.3) is 0 Å². The van der Waals surface area contributed by atoms with Crippen LogP contribution in [0.2, 0.25) is 0 Å². The quantitative estimate of drug-likeness (QED) is 0.769. The smallest absolute Gasteiger partial charge is 0.150 e. The van der Waals surface area contributed by atoms with E-state index in [2.05, 4.69) is 9.80 Å². The van der Waals surface area contributed by atoms with E-state index in [1.165, 1.54) is 0 Å². The largest absolute Gasteiger partial charge is 0.396 e. The van der Waals surface area contributed by atoms with Crippen molar-refractivity contribution >= 4 is 5.69 Å². The summed E-state index contributed by atoms with van der Waals surface area (Å²) in [4.78, 5) is 4.18. The molecule has 0 aromatic heterocycles. The first-order valence-electron chi connectivity index (χ1n) is 5.37. The highest BCUT2D eigenvalue weighted by Crippen LogP contribution is 2.15. The molecule has 1 aromatic rings. The van der Waals surface area contributed by atoms with Crippen molar-refractivity contribution in [2.24, 2.45) is 0 Å². The summed E-state index contributed by atoms with van der Waals surface area (Å²) in [5.74, 6) is -0.292. The predicted molar refractivity (Wildman–Crippen MR) is 65.7 cm³/mol. The lowest BCUT2D eigenvalue weighted by molar-refractivity contribution is 0.273. The van der Waals surface area contributed by atoms with Gasteiger partial charge < -0.3 is 15.5 Å². The van der Waals surface area contributed by atoms with Crippen molar-refractivity contribution in [3.63, 3.8) is 0 Å². The Kier molecular flexibility index (Phi) is 4.71. The van der Waals surface area contributed by atoms with Crippen LogP contribution in [0.3, 0.4) is 0 Å². The van der Waals surface area contributed by atoms with Gasteiger partial charge in [0.2, 0.25) is 0 Å². The van der Waals surface area contributed by atoms with Gasteiger partial charge in [0, 0.05) is 25.2 Å². The van der Waals surface area contributed by atoms with Crippen LogP contribution in [0.1, 0.15) is 5.56 Å². The number of benzene rings is 1. The first kappa shape index (κ1) is 12.9. The predicted octanol–water partition coefficient (Wildman–Crippen LogP) is 1.40. The second-order valence-corrected chi connectivity index (χ2v) is 4.36. The summed E-state index contributed by atoms with van der Waals surface area (Å²) in [6, 6.07) is 5.14. The zero-order valence-corrected chi connectivity index (χ0v) is 10.2. The van der Waals surface area contributed by atoms with Gasteiger partial charge in [0.15, 0.2) is 5.82 Å². The SMILES string of the molecule is CN(C)CCN(C)Cc1cccc(N)c1F. The molecule has 3 nitrogen and oxygen atoms in total. The van der Waals surface area contributed by atoms with Crippen molar-refractivity contribution in [2.75, 3.05) is 40.0 Å². The number of likely N-dealkylation sites (N-methyl/N-ethyl adjacent to an activating group) is 2. The van der Waals surface area contributed by atoms with Crippen molar-refractivity contribution < 1.29 is 4.39 Å². The number of rotatable bonds is 5. The van der Waals surface area contributed by atoms with Gasteiger partial charge in [-0.05, 0) is 27.2 Å². The second-order valence-electron chi connectivity index (χ2n) is 4.36. The highest BCUT2D eigenvalue weighted by Gasteiger charge is 2.07. The Morgan fingerprint density at radius 2 is 1.88 bits per heavy atom. The average molecular weight is 225 g/mol. The fourth-order valence-electron chi connectivity index (χ4n) is 1.46. The number of nitrogens with zero attached hydrogens (tertiary/aromatic N) is 2. The van der Waals surface area contributed by atoms with Gasteiger partial charge in [0.25, 0.3) is 0 Å². The van der Waals surface area contributed by atoms with Crippen molar-refractivity contribution in [1.29, 1.82) is 0 Å². The van der Waals surface area contributed by atoms with Gasteiger partial charge in [-0.3, -0.25) is 0 Å². The summed E-state index contributed by atoms with van der Waals surface area (Å²) in [6.45, 7) is 2.45. The standard InChI is InChI=1S/C12H20FN3/c1-15(2)7-8-16(3)9-10-5-4-6-11(14)12(10)13/h4-6H,7-9,14H2,1-3H3. The lowest BCUT2D eigenvalue weighted by Crippen LogP contribution is -2.28. The molecular weight excluding hydrogens is 205 g/mol. The fourth-order valence-corrected chi connectivity index (χ4v) is 1.46. The van der Waals surface area contributed by atoms with Gasteiger partial charge in [0.05, 0.1) is 5.69 Å². The van der Waals surface area contributed by atoms with Crippen molar-refractivity contribution in [2.45, 2.75) is 6.54 Å². The second kappa shape index (κ2) is 5.82. The molecule has 0 aliphatic carbocycles. The number of nitrogen functional groups attached to an aromatic ring is 1. The lowest BCUT2D eigenvalue weighted by atomic mass is 10.2. The first-order valence-corrected chi connectivity index (χ1v) is 5.37. The van der Waals surface area contributed by atoms with Crippen molar-refractivity contribution in [3.05, 3.63) is 29.6 Å². The van der Waals surface area contributed by atoms with E-state index in [1.54, 1.807) is 18.2 Å². The highest BCUT2D eigenvalue weighted by molar-refractivity contribution is 5.42. The van der Waals surface area contributed by atoms with Crippen LogP contribution in [0.5, 0.6) is 0 Å². The molecule has 1 aromatic carbocycles. The van der Waals surface area contributed by atoms with Gasteiger partial charge in [0.1, 0.15) is 0 Å². The topological polar surface area (TPSA) is 32.5 Å². The first-order chi connectivity index (χ1) is 7.50. The Bertz CT molecular complexity index is 339. The number of halogens is 1. The monoisotopic (exact) mass is 225 g/mol. The van der Waals surface area contributed by atoms with E-state index in [4.69, 9.17) is 5.73 Å². The Balaban J connectivity index is 2.56. The van der Waals surface area contributed by atoms with E-state index in [0.717, 1.165) is 13.1 Å². The van der Waals surface area contributed by atoms with Crippen LogP contribution in [-0.2, 0) is 6.54 Å². The number of nitrogens with two attached hydrogens (primary N) is 1. The zero-order valence-electron chi connectivity index (χ0n) is 10.2. The van der Waals surface area contributed by atoms with E-state index in [1.807, 2.05) is 21.1 Å². The van der Waals surface area contributed by atoms with Crippen LogP contribution in [0, 0.1) is 5.82 Å². The Hall–Kier alpha value is -1.13. The molecule has 0 heterocycles. The third kappa shape index (κ3) is 3.79. The molecule has 90 valence electrons. The van der Waals surface area contributed by atoms with Crippen LogP contribution < -0.4 is 5.73 Å². The minimum absolute atomic E-state index is 0.221. The normalized spacial score (nSPS) is 11.4. The molecule has 0 radical (unpaired) electrons. The van der Waals surface area contributed by atoms with Crippen LogP contribution in [0.4, 0.5) is 10.1 Å². The molecule has 0 saturated heterocycles. The summed E-state index contributed by atoms with van der Waals surface area (Å²) < 4.78 is 13.6. The summed E-state index contributed by atoms with van der Waals surface area (Å²) in [5, 5.41) is 0. The molecule has 0 aliphatic rings. The van der Waals surface area contributed by atoms with Crippen LogP contribution in [0.15, 0.2) is 18.2 Å². The van der Waals surface area contributed by atoms with Gasteiger partial charge in [-0.15, -0.1) is 0 Å². The van der Waals surface area contributed by atoms with Crippen molar-refractivity contribution in [3.8, 4) is 0 Å². The minimum Gasteiger partial charge on any atom is -0.396 e. The highest BCUT2D eigenvalue weighted by atomic mass is 19.1. The maximum absolute atomic E-state index is 13.6. The summed E-state index contributed by atoms with van der Waals surface area (Å²) in [5.41, 5.74) is 6.39. The number of hydrogen-bond acceptors (Lipinski definition) is 3. The molecular formula is C12H20FN3. The third-order valence-corrected chi connectivity index (χ3v) is 2.48. The average Bonchev–Trinajstić information content (AvgIpc) is 2.22. The number of anilines is 1. The lowest BCUT2D eigenvalue weighted by Gasteiger charge is -2.19. The fraction of sp³-hybridized carbons (Fsp3) is 0.500. The van der Waals surface area contributed by atoms with E-state index < -0.39 is 0 Å². The van der Waals surface area contributed by atoms with E-state index in [9.17, 15) is 4.39 Å². The third-order valence-electron chi connectivity index (χ3n) is 2.48. The van der Waals surface area contributed by atoms with Crippen LogP contribution in [-0.4, -0.2) is 44.0 Å². The molecule has 4 heteroatoms.